The summed E-state index contributed by atoms with van der Waals surface area (Å²) in [4.78, 5) is 21.6. The Kier molecular flexibility index (Phi) is 2.11. The molecule has 1 aliphatic rings. The van der Waals surface area contributed by atoms with Crippen LogP contribution in [-0.4, -0.2) is 10.7 Å². The van der Waals surface area contributed by atoms with Gasteiger partial charge < -0.3 is 0 Å². The Balaban J connectivity index is 2.66. The SMILES string of the molecule is C=Cc1cc2c(cc1[N+](=O)[O-])C(=O)CC2. The lowest BCUT2D eigenvalue weighted by molar-refractivity contribution is -0.385. The van der Waals surface area contributed by atoms with E-state index in [9.17, 15) is 14.9 Å². The van der Waals surface area contributed by atoms with Crippen molar-refractivity contribution in [2.45, 2.75) is 12.8 Å². The van der Waals surface area contributed by atoms with E-state index in [4.69, 9.17) is 0 Å². The Morgan fingerprint density at radius 2 is 2.13 bits per heavy atom. The fourth-order valence-electron chi connectivity index (χ4n) is 1.82. The summed E-state index contributed by atoms with van der Waals surface area (Å²) in [6.45, 7) is 3.53. The minimum Gasteiger partial charge on any atom is -0.294 e. The first kappa shape index (κ1) is 9.58. The van der Waals surface area contributed by atoms with Crippen molar-refractivity contribution in [3.05, 3.63) is 45.5 Å². The highest BCUT2D eigenvalue weighted by Gasteiger charge is 2.24. The van der Waals surface area contributed by atoms with Crippen LogP contribution in [0.15, 0.2) is 18.7 Å². The predicted octanol–water partition coefficient (Wildman–Crippen LogP) is 2.37. The molecule has 4 nitrogen and oxygen atoms in total. The van der Waals surface area contributed by atoms with Gasteiger partial charge in [0, 0.05) is 18.1 Å². The number of carbonyl (C=O) groups excluding carboxylic acids is 1. The van der Waals surface area contributed by atoms with Crippen molar-refractivity contribution in [1.82, 2.24) is 0 Å². The summed E-state index contributed by atoms with van der Waals surface area (Å²) in [5.74, 6) is -0.0105. The van der Waals surface area contributed by atoms with Gasteiger partial charge in [0.2, 0.25) is 0 Å². The Hall–Kier alpha value is -1.97. The Morgan fingerprint density at radius 3 is 2.73 bits per heavy atom. The number of nitro groups is 1. The Bertz CT molecular complexity index is 477. The number of carbonyl (C=O) groups is 1. The summed E-state index contributed by atoms with van der Waals surface area (Å²) in [6.07, 6.45) is 2.57. The maximum absolute atomic E-state index is 11.4. The van der Waals surface area contributed by atoms with Crippen LogP contribution >= 0.6 is 0 Å². The molecule has 15 heavy (non-hydrogen) atoms. The molecule has 0 N–H and O–H groups in total. The zero-order valence-electron chi connectivity index (χ0n) is 8.03. The van der Waals surface area contributed by atoms with Crippen LogP contribution in [0, 0.1) is 10.1 Å². The highest BCUT2D eigenvalue weighted by atomic mass is 16.6. The molecule has 76 valence electrons. The van der Waals surface area contributed by atoms with Crippen LogP contribution in [-0.2, 0) is 6.42 Å². The van der Waals surface area contributed by atoms with E-state index in [-0.39, 0.29) is 11.5 Å². The molecule has 0 spiro atoms. The third kappa shape index (κ3) is 1.44. The summed E-state index contributed by atoms with van der Waals surface area (Å²) in [7, 11) is 0. The average Bonchev–Trinajstić information content (AvgIpc) is 2.58. The van der Waals surface area contributed by atoms with Gasteiger partial charge in [0.05, 0.1) is 10.5 Å². The Morgan fingerprint density at radius 1 is 1.40 bits per heavy atom. The van der Waals surface area contributed by atoms with Crippen molar-refractivity contribution < 1.29 is 9.72 Å². The summed E-state index contributed by atoms with van der Waals surface area (Å²) in [5.41, 5.74) is 1.82. The van der Waals surface area contributed by atoms with E-state index in [0.717, 1.165) is 5.56 Å². The summed E-state index contributed by atoms with van der Waals surface area (Å²) in [5, 5.41) is 10.7. The average molecular weight is 203 g/mol. The molecule has 1 aromatic rings. The smallest absolute Gasteiger partial charge is 0.277 e. The maximum atomic E-state index is 11.4. The molecule has 0 bridgehead atoms. The largest absolute Gasteiger partial charge is 0.294 e. The number of nitro benzene ring substituents is 1. The van der Waals surface area contributed by atoms with Crippen LogP contribution in [0.5, 0.6) is 0 Å². The van der Waals surface area contributed by atoms with Gasteiger partial charge in [-0.3, -0.25) is 14.9 Å². The lowest BCUT2D eigenvalue weighted by Crippen LogP contribution is -1.97. The number of nitrogens with zero attached hydrogens (tertiary/aromatic N) is 1. The number of aryl methyl sites for hydroxylation is 1. The van der Waals surface area contributed by atoms with Crippen molar-refractivity contribution in [1.29, 1.82) is 0 Å². The van der Waals surface area contributed by atoms with Gasteiger partial charge in [0.1, 0.15) is 0 Å². The summed E-state index contributed by atoms with van der Waals surface area (Å²) < 4.78 is 0. The number of ketones is 1. The number of fused-ring (bicyclic) bond motifs is 1. The van der Waals surface area contributed by atoms with Crippen molar-refractivity contribution in [3.63, 3.8) is 0 Å². The number of Topliss-reactive ketones (excluding diaryl/α,β-unsaturated/α-hetero) is 1. The first-order chi connectivity index (χ1) is 7.13. The van der Waals surface area contributed by atoms with Gasteiger partial charge in [-0.05, 0) is 18.1 Å². The van der Waals surface area contributed by atoms with E-state index in [1.165, 1.54) is 12.1 Å². The maximum Gasteiger partial charge on any atom is 0.277 e. The van der Waals surface area contributed by atoms with Gasteiger partial charge >= 0.3 is 0 Å². The first-order valence-corrected chi connectivity index (χ1v) is 4.60. The molecule has 0 atom stereocenters. The third-order valence-corrected chi connectivity index (χ3v) is 2.59. The quantitative estimate of drug-likeness (QED) is 0.547. The molecular formula is C11H9NO3. The number of rotatable bonds is 2. The lowest BCUT2D eigenvalue weighted by atomic mass is 10.0. The molecule has 0 radical (unpaired) electrons. The number of hydrogen-bond acceptors (Lipinski definition) is 3. The third-order valence-electron chi connectivity index (χ3n) is 2.59. The zero-order valence-corrected chi connectivity index (χ0v) is 8.03. The van der Waals surface area contributed by atoms with Gasteiger partial charge in [-0.25, -0.2) is 0 Å². The zero-order chi connectivity index (χ0) is 11.0. The lowest BCUT2D eigenvalue weighted by Gasteiger charge is -2.01. The van der Waals surface area contributed by atoms with Gasteiger partial charge in [0.25, 0.3) is 5.69 Å². The van der Waals surface area contributed by atoms with Gasteiger partial charge in [-0.1, -0.05) is 12.7 Å². The molecule has 0 aliphatic heterocycles. The fraction of sp³-hybridized carbons (Fsp3) is 0.182. The molecule has 0 aromatic heterocycles. The van der Waals surface area contributed by atoms with E-state index in [0.29, 0.717) is 24.0 Å². The second-order valence-corrected chi connectivity index (χ2v) is 3.45. The second-order valence-electron chi connectivity index (χ2n) is 3.45. The summed E-state index contributed by atoms with van der Waals surface area (Å²) >= 11 is 0. The molecule has 4 heteroatoms. The predicted molar refractivity (Wildman–Crippen MR) is 55.8 cm³/mol. The highest BCUT2D eigenvalue weighted by Crippen LogP contribution is 2.30. The second kappa shape index (κ2) is 3.31. The molecule has 1 aliphatic carbocycles. The Labute approximate surface area is 86.4 Å². The highest BCUT2D eigenvalue weighted by molar-refractivity contribution is 6.01. The van der Waals surface area contributed by atoms with E-state index in [1.807, 2.05) is 0 Å². The molecule has 0 unspecified atom stereocenters. The topological polar surface area (TPSA) is 60.2 Å². The van der Waals surface area contributed by atoms with E-state index < -0.39 is 4.92 Å². The van der Waals surface area contributed by atoms with Crippen LogP contribution in [0.1, 0.15) is 27.9 Å². The first-order valence-electron chi connectivity index (χ1n) is 4.60. The van der Waals surface area contributed by atoms with E-state index >= 15 is 0 Å². The normalized spacial score (nSPS) is 13.7. The van der Waals surface area contributed by atoms with Gasteiger partial charge in [-0.15, -0.1) is 0 Å². The minimum atomic E-state index is -0.483. The molecule has 0 heterocycles. The monoisotopic (exact) mass is 203 g/mol. The van der Waals surface area contributed by atoms with Crippen molar-refractivity contribution >= 4 is 17.5 Å². The number of benzene rings is 1. The van der Waals surface area contributed by atoms with Gasteiger partial charge in [-0.2, -0.15) is 0 Å². The molecule has 0 saturated heterocycles. The number of hydrogen-bond donors (Lipinski definition) is 0. The van der Waals surface area contributed by atoms with Crippen molar-refractivity contribution in [3.8, 4) is 0 Å². The standard InChI is InChI=1S/C11H9NO3/c1-2-7-5-8-3-4-11(13)9(8)6-10(7)12(14)15/h2,5-6H,1,3-4H2. The minimum absolute atomic E-state index is 0.0105. The van der Waals surface area contributed by atoms with E-state index in [1.54, 1.807) is 6.07 Å². The van der Waals surface area contributed by atoms with Crippen LogP contribution in [0.2, 0.25) is 0 Å². The van der Waals surface area contributed by atoms with Crippen molar-refractivity contribution in [2.75, 3.05) is 0 Å². The van der Waals surface area contributed by atoms with Crippen LogP contribution in [0.3, 0.4) is 0 Å². The molecule has 0 fully saturated rings. The molecule has 1 aromatic carbocycles. The fourth-order valence-corrected chi connectivity index (χ4v) is 1.82. The van der Waals surface area contributed by atoms with E-state index in [2.05, 4.69) is 6.58 Å². The van der Waals surface area contributed by atoms with Gasteiger partial charge in [0.15, 0.2) is 5.78 Å². The molecule has 0 amide bonds. The molecular weight excluding hydrogens is 194 g/mol. The summed E-state index contributed by atoms with van der Waals surface area (Å²) in [6, 6.07) is 3.05. The van der Waals surface area contributed by atoms with Crippen LogP contribution < -0.4 is 0 Å². The van der Waals surface area contributed by atoms with Crippen LogP contribution in [0.4, 0.5) is 5.69 Å². The molecule has 2 rings (SSSR count). The molecule has 0 saturated carbocycles. The van der Waals surface area contributed by atoms with Crippen LogP contribution in [0.25, 0.3) is 6.08 Å². The van der Waals surface area contributed by atoms with Crippen molar-refractivity contribution in [2.24, 2.45) is 0 Å².